The lowest BCUT2D eigenvalue weighted by molar-refractivity contribution is 0.00769. The van der Waals surface area contributed by atoms with Crippen LogP contribution in [0.2, 0.25) is 0 Å². The first-order chi connectivity index (χ1) is 18.9. The predicted octanol–water partition coefficient (Wildman–Crippen LogP) is -0.481. The molecular weight excluding hydrogens is 546 g/mol. The number of fused-ring (bicyclic) bond motifs is 1. The van der Waals surface area contributed by atoms with Crippen LogP contribution >= 0.6 is 0 Å². The second-order valence-corrected chi connectivity index (χ2v) is 11.5. The quantitative estimate of drug-likeness (QED) is 0.251. The van der Waals surface area contributed by atoms with Crippen molar-refractivity contribution in [2.45, 2.75) is 24.7 Å². The van der Waals surface area contributed by atoms with Gasteiger partial charge < -0.3 is 30.3 Å². The summed E-state index contributed by atoms with van der Waals surface area (Å²) in [6, 6.07) is 1.81. The largest absolute Gasteiger partial charge is 0.390 e. The number of nitrogens with zero attached hydrogens (tertiary/aromatic N) is 5. The summed E-state index contributed by atoms with van der Waals surface area (Å²) in [7, 11) is -2.00. The van der Waals surface area contributed by atoms with Gasteiger partial charge in [-0.2, -0.15) is 8.42 Å². The van der Waals surface area contributed by atoms with Crippen molar-refractivity contribution in [1.82, 2.24) is 24.2 Å². The van der Waals surface area contributed by atoms with Gasteiger partial charge in [0.15, 0.2) is 0 Å². The molecule has 1 aromatic carbocycles. The summed E-state index contributed by atoms with van der Waals surface area (Å²) in [4.78, 5) is 12.3. The first-order valence-corrected chi connectivity index (χ1v) is 14.2. The van der Waals surface area contributed by atoms with Gasteiger partial charge in [-0.3, -0.25) is 0 Å². The van der Waals surface area contributed by atoms with Gasteiger partial charge in [0, 0.05) is 50.5 Å². The zero-order valence-electron chi connectivity index (χ0n) is 21.6. The van der Waals surface area contributed by atoms with Gasteiger partial charge in [-0.25, -0.2) is 28.6 Å². The average molecular weight is 577 g/mol. The molecule has 0 amide bonds. The van der Waals surface area contributed by atoms with Crippen molar-refractivity contribution in [2.75, 3.05) is 50.4 Å². The number of aliphatic hydroxyl groups is 2. The van der Waals surface area contributed by atoms with E-state index in [4.69, 9.17) is 10.9 Å². The number of rotatable bonds is 5. The Balaban J connectivity index is 1.47. The number of benzene rings is 1. The molecule has 0 radical (unpaired) electrons. The van der Waals surface area contributed by atoms with E-state index in [0.717, 1.165) is 13.1 Å². The SMILES string of the molecule is CN1CCN(c2cc(F)c(C#Cc3cn([C@@H]4C[C@H](CNS(N)(=O)=O)[C@@H](O)[C@H]4O)c4ncnc(N)c34)c(F)c2)CC1. The van der Waals surface area contributed by atoms with Crippen LogP contribution in [-0.4, -0.2) is 90.0 Å². The van der Waals surface area contributed by atoms with Gasteiger partial charge >= 0.3 is 0 Å². The molecule has 12 nitrogen and oxygen atoms in total. The van der Waals surface area contributed by atoms with Gasteiger partial charge in [-0.05, 0) is 25.6 Å². The summed E-state index contributed by atoms with van der Waals surface area (Å²) in [5, 5.41) is 26.6. The topological polar surface area (TPSA) is 176 Å². The molecule has 3 aromatic rings. The van der Waals surface area contributed by atoms with Crippen molar-refractivity contribution in [3.8, 4) is 11.8 Å². The number of nitrogens with one attached hydrogen (secondary N) is 1. The van der Waals surface area contributed by atoms with Gasteiger partial charge in [0.05, 0.1) is 28.7 Å². The Hall–Kier alpha value is -3.39. The summed E-state index contributed by atoms with van der Waals surface area (Å²) in [5.41, 5.74) is 6.71. The predicted molar refractivity (Wildman–Crippen MR) is 144 cm³/mol. The van der Waals surface area contributed by atoms with Crippen LogP contribution in [-0.2, 0) is 10.2 Å². The highest BCUT2D eigenvalue weighted by atomic mass is 32.2. The van der Waals surface area contributed by atoms with E-state index in [1.807, 2.05) is 11.9 Å². The van der Waals surface area contributed by atoms with Crippen LogP contribution in [0.3, 0.4) is 0 Å². The van der Waals surface area contributed by atoms with E-state index in [-0.39, 0.29) is 24.3 Å². The molecule has 0 bridgehead atoms. The summed E-state index contributed by atoms with van der Waals surface area (Å²) < 4.78 is 56.4. The fraction of sp³-hybridized carbons (Fsp3) is 0.440. The summed E-state index contributed by atoms with van der Waals surface area (Å²) in [6.45, 7) is 2.70. The highest BCUT2D eigenvalue weighted by Gasteiger charge is 2.43. The van der Waals surface area contributed by atoms with E-state index in [9.17, 15) is 18.6 Å². The van der Waals surface area contributed by atoms with E-state index < -0.39 is 51.6 Å². The molecule has 7 N–H and O–H groups in total. The van der Waals surface area contributed by atoms with E-state index in [1.165, 1.54) is 24.7 Å². The number of anilines is 2. The van der Waals surface area contributed by atoms with Crippen LogP contribution in [0.1, 0.15) is 23.6 Å². The number of nitrogen functional groups attached to an aromatic ring is 1. The first kappa shape index (κ1) is 28.1. The molecule has 3 heterocycles. The van der Waals surface area contributed by atoms with Crippen molar-refractivity contribution in [3.05, 3.63) is 47.4 Å². The number of nitrogens with two attached hydrogens (primary N) is 2. The Kier molecular flexibility index (Phi) is 7.66. The molecule has 1 saturated heterocycles. The van der Waals surface area contributed by atoms with Gasteiger partial charge in [0.1, 0.15) is 35.5 Å². The van der Waals surface area contributed by atoms with Crippen LogP contribution in [0.15, 0.2) is 24.7 Å². The normalized spacial score (nSPS) is 23.9. The highest BCUT2D eigenvalue weighted by molar-refractivity contribution is 7.87. The minimum Gasteiger partial charge on any atom is -0.390 e. The molecule has 4 atom stereocenters. The molecule has 1 aliphatic heterocycles. The first-order valence-electron chi connectivity index (χ1n) is 12.6. The van der Waals surface area contributed by atoms with Crippen LogP contribution in [0, 0.1) is 29.4 Å². The number of hydrogen-bond acceptors (Lipinski definition) is 9. The lowest BCUT2D eigenvalue weighted by atomic mass is 10.1. The molecule has 40 heavy (non-hydrogen) atoms. The third-order valence-electron chi connectivity index (χ3n) is 7.53. The number of aromatic nitrogens is 3. The molecule has 1 saturated carbocycles. The standard InChI is InChI=1S/C25H30F2N8O4S/c1-33-4-6-34(7-5-33)16-9-18(26)17(19(27)10-16)3-2-14-12-35(25-21(14)24(28)30-13-31-25)20-8-15(22(36)23(20)37)11-32-40(29,38)39/h9-10,12-13,15,20,22-23,32,36-37H,4-8,11H2,1H3,(H2,28,30,31)(H2,29,38,39)/t15-,20-,22-,23+/m1/s1. The molecule has 214 valence electrons. The number of piperazine rings is 1. The number of hydrogen-bond donors (Lipinski definition) is 5. The third-order valence-corrected chi connectivity index (χ3v) is 8.10. The van der Waals surface area contributed by atoms with E-state index in [1.54, 1.807) is 4.57 Å². The second kappa shape index (κ2) is 10.9. The molecule has 15 heteroatoms. The molecule has 1 aliphatic carbocycles. The Bertz CT molecular complexity index is 1570. The van der Waals surface area contributed by atoms with Gasteiger partial charge in [-0.15, -0.1) is 0 Å². The minimum absolute atomic E-state index is 0.0693. The lowest BCUT2D eigenvalue weighted by Crippen LogP contribution is -2.44. The molecule has 2 fully saturated rings. The van der Waals surface area contributed by atoms with Crippen molar-refractivity contribution in [1.29, 1.82) is 0 Å². The summed E-state index contributed by atoms with van der Waals surface area (Å²) >= 11 is 0. The van der Waals surface area contributed by atoms with Crippen molar-refractivity contribution < 1.29 is 27.4 Å². The smallest absolute Gasteiger partial charge is 0.274 e. The van der Waals surface area contributed by atoms with Crippen LogP contribution < -0.4 is 20.5 Å². The fourth-order valence-corrected chi connectivity index (χ4v) is 5.76. The lowest BCUT2D eigenvalue weighted by Gasteiger charge is -2.34. The van der Waals surface area contributed by atoms with Crippen LogP contribution in [0.5, 0.6) is 0 Å². The maximum Gasteiger partial charge on any atom is 0.274 e. The number of halogens is 2. The third kappa shape index (κ3) is 5.59. The molecule has 2 aromatic heterocycles. The highest BCUT2D eigenvalue weighted by Crippen LogP contribution is 2.38. The number of aliphatic hydroxyl groups excluding tert-OH is 2. The van der Waals surface area contributed by atoms with Gasteiger partial charge in [-0.1, -0.05) is 11.8 Å². The van der Waals surface area contributed by atoms with Crippen molar-refractivity contribution >= 4 is 32.7 Å². The second-order valence-electron chi connectivity index (χ2n) is 10.2. The Labute approximate surface area is 229 Å². The van der Waals surface area contributed by atoms with Crippen LogP contribution in [0.4, 0.5) is 20.3 Å². The van der Waals surface area contributed by atoms with E-state index in [0.29, 0.717) is 29.8 Å². The monoisotopic (exact) mass is 576 g/mol. The molecule has 5 rings (SSSR count). The zero-order chi connectivity index (χ0) is 28.8. The van der Waals surface area contributed by atoms with Crippen molar-refractivity contribution in [2.24, 2.45) is 11.1 Å². The van der Waals surface area contributed by atoms with Crippen molar-refractivity contribution in [3.63, 3.8) is 0 Å². The average Bonchev–Trinajstić information content (AvgIpc) is 3.40. The Morgan fingerprint density at radius 2 is 1.77 bits per heavy atom. The maximum absolute atomic E-state index is 15.0. The molecule has 0 spiro atoms. The molecule has 0 unspecified atom stereocenters. The summed E-state index contributed by atoms with van der Waals surface area (Å²) in [5.74, 6) is 3.17. The van der Waals surface area contributed by atoms with Crippen LogP contribution in [0.25, 0.3) is 11.0 Å². The number of likely N-dealkylation sites (N-methyl/N-ethyl adjacent to an activating group) is 1. The van der Waals surface area contributed by atoms with Gasteiger partial charge in [0.2, 0.25) is 0 Å². The van der Waals surface area contributed by atoms with E-state index >= 15 is 8.78 Å². The molecular formula is C25H30F2N8O4S. The maximum atomic E-state index is 15.0. The Morgan fingerprint density at radius 1 is 1.10 bits per heavy atom. The molecule has 2 aliphatic rings. The zero-order valence-corrected chi connectivity index (χ0v) is 22.4. The fourth-order valence-electron chi connectivity index (χ4n) is 5.31. The Morgan fingerprint density at radius 3 is 2.42 bits per heavy atom. The van der Waals surface area contributed by atoms with E-state index in [2.05, 4.69) is 31.4 Å². The minimum atomic E-state index is -3.99. The van der Waals surface area contributed by atoms with Gasteiger partial charge in [0.25, 0.3) is 10.2 Å². The summed E-state index contributed by atoms with van der Waals surface area (Å²) in [6.07, 6.45) is 0.374.